The van der Waals surface area contributed by atoms with E-state index >= 15 is 0 Å². The molecule has 1 N–H and O–H groups in total. The Hall–Kier alpha value is -3.95. The molecule has 0 radical (unpaired) electrons. The van der Waals surface area contributed by atoms with Gasteiger partial charge < -0.3 is 9.47 Å². The second-order valence-corrected chi connectivity index (χ2v) is 5.42. The van der Waals surface area contributed by atoms with Crippen molar-refractivity contribution >= 4 is 12.1 Å². The molecule has 29 heavy (non-hydrogen) atoms. The average Bonchev–Trinajstić information content (AvgIpc) is 2.79. The zero-order valence-electron chi connectivity index (χ0n) is 18.2. The lowest BCUT2D eigenvalue weighted by molar-refractivity contribution is 0.0950. The van der Waals surface area contributed by atoms with E-state index in [0.29, 0.717) is 17.0 Å². The van der Waals surface area contributed by atoms with E-state index in [9.17, 15) is 9.18 Å². The van der Waals surface area contributed by atoms with Crippen molar-refractivity contribution in [1.29, 1.82) is 0 Å². The average molecular weight is 399 g/mol. The normalized spacial score (nSPS) is 12.7. The SMILES string of the molecule is [2H]C([2H])([2H])COc1ccc(-c2cncc(C(=O)N/N=C/c3cc(OC)cnc3F)n2)cn1. The number of nitrogens with one attached hydrogen (secondary N) is 1. The van der Waals surface area contributed by atoms with Gasteiger partial charge in [-0.25, -0.2) is 20.4 Å². The molecule has 0 aliphatic heterocycles. The summed E-state index contributed by atoms with van der Waals surface area (Å²) in [6.45, 7) is -2.70. The largest absolute Gasteiger partial charge is 0.495 e. The van der Waals surface area contributed by atoms with Crippen LogP contribution in [0, 0.1) is 5.95 Å². The third-order valence-corrected chi connectivity index (χ3v) is 3.57. The Bertz CT molecular complexity index is 1130. The van der Waals surface area contributed by atoms with Gasteiger partial charge in [0.05, 0.1) is 49.8 Å². The molecule has 148 valence electrons. The first-order valence-electron chi connectivity index (χ1n) is 9.69. The van der Waals surface area contributed by atoms with Crippen LogP contribution < -0.4 is 14.9 Å². The Balaban J connectivity index is 1.67. The number of hydrogen-bond acceptors (Lipinski definition) is 8. The summed E-state index contributed by atoms with van der Waals surface area (Å²) < 4.78 is 45.2. The van der Waals surface area contributed by atoms with Gasteiger partial charge in [0, 0.05) is 21.9 Å². The van der Waals surface area contributed by atoms with Crippen molar-refractivity contribution in [2.24, 2.45) is 5.10 Å². The molecule has 0 fully saturated rings. The maximum atomic E-state index is 13.7. The molecule has 0 aliphatic carbocycles. The Kier molecular flexibility index (Phi) is 5.15. The van der Waals surface area contributed by atoms with Crippen LogP contribution in [0.2, 0.25) is 0 Å². The summed E-state index contributed by atoms with van der Waals surface area (Å²) in [5.41, 5.74) is 3.10. The number of methoxy groups -OCH3 is 1. The maximum absolute atomic E-state index is 13.7. The first kappa shape index (κ1) is 16.0. The van der Waals surface area contributed by atoms with E-state index in [1.165, 1.54) is 44.0 Å². The number of carbonyl (C=O) groups excluding carboxylic acids is 1. The molecule has 0 saturated heterocycles. The van der Waals surface area contributed by atoms with E-state index in [-0.39, 0.29) is 17.1 Å². The molecule has 0 saturated carbocycles. The quantitative estimate of drug-likeness (QED) is 0.368. The van der Waals surface area contributed by atoms with Gasteiger partial charge in [-0.05, 0) is 19.0 Å². The third-order valence-electron chi connectivity index (χ3n) is 3.57. The molecular weight excluding hydrogens is 379 g/mol. The first-order chi connectivity index (χ1) is 15.2. The molecule has 0 atom stereocenters. The lowest BCUT2D eigenvalue weighted by Crippen LogP contribution is -2.19. The second kappa shape index (κ2) is 9.31. The lowest BCUT2D eigenvalue weighted by Gasteiger charge is -2.05. The summed E-state index contributed by atoms with van der Waals surface area (Å²) in [5, 5.41) is 3.71. The van der Waals surface area contributed by atoms with E-state index in [2.05, 4.69) is 30.5 Å². The van der Waals surface area contributed by atoms with E-state index in [1.54, 1.807) is 6.07 Å². The minimum absolute atomic E-state index is 0.0244. The van der Waals surface area contributed by atoms with Crippen LogP contribution in [0.5, 0.6) is 11.6 Å². The van der Waals surface area contributed by atoms with Crippen molar-refractivity contribution in [2.75, 3.05) is 13.7 Å². The standard InChI is InChI=1S/C19H17FN6O3/c1-3-29-17-5-4-12(7-22-17)15-10-21-11-16(25-15)19(27)26-24-8-13-6-14(28-2)9-23-18(13)20/h4-11H,3H2,1-2H3,(H,26,27)/b24-8+/i1D3. The van der Waals surface area contributed by atoms with Crippen LogP contribution in [-0.4, -0.2) is 45.8 Å². The van der Waals surface area contributed by atoms with Crippen LogP contribution in [0.4, 0.5) is 4.39 Å². The summed E-state index contributed by atoms with van der Waals surface area (Å²) in [6.07, 6.45) is 6.38. The van der Waals surface area contributed by atoms with Crippen LogP contribution >= 0.6 is 0 Å². The lowest BCUT2D eigenvalue weighted by atomic mass is 10.2. The summed E-state index contributed by atoms with van der Waals surface area (Å²) >= 11 is 0. The minimum atomic E-state index is -2.23. The number of hydrogen-bond donors (Lipinski definition) is 1. The highest BCUT2D eigenvalue weighted by Gasteiger charge is 2.10. The minimum Gasteiger partial charge on any atom is -0.495 e. The van der Waals surface area contributed by atoms with Crippen LogP contribution in [0.3, 0.4) is 0 Å². The Morgan fingerprint density at radius 2 is 2.21 bits per heavy atom. The molecule has 3 aromatic rings. The molecule has 9 nitrogen and oxygen atoms in total. The predicted molar refractivity (Wildman–Crippen MR) is 102 cm³/mol. The summed E-state index contributed by atoms with van der Waals surface area (Å²) in [6, 6.07) is 4.46. The fourth-order valence-electron chi connectivity index (χ4n) is 2.17. The Labute approximate surface area is 169 Å². The molecule has 0 spiro atoms. The van der Waals surface area contributed by atoms with Crippen molar-refractivity contribution in [3.8, 4) is 22.9 Å². The fourth-order valence-corrected chi connectivity index (χ4v) is 2.17. The molecule has 3 heterocycles. The molecule has 0 bridgehead atoms. The highest BCUT2D eigenvalue weighted by atomic mass is 19.1. The van der Waals surface area contributed by atoms with Gasteiger partial charge in [0.2, 0.25) is 11.8 Å². The van der Waals surface area contributed by atoms with Gasteiger partial charge >= 0.3 is 0 Å². The van der Waals surface area contributed by atoms with E-state index in [0.717, 1.165) is 6.21 Å². The number of nitrogens with zero attached hydrogens (tertiary/aromatic N) is 5. The van der Waals surface area contributed by atoms with E-state index in [1.807, 2.05) is 0 Å². The van der Waals surface area contributed by atoms with Gasteiger partial charge in [-0.15, -0.1) is 0 Å². The van der Waals surface area contributed by atoms with Crippen LogP contribution in [0.15, 0.2) is 48.1 Å². The fraction of sp³-hybridized carbons (Fsp3) is 0.158. The molecule has 0 aromatic carbocycles. The number of halogens is 1. The van der Waals surface area contributed by atoms with Gasteiger partial charge in [-0.1, -0.05) is 0 Å². The number of carbonyl (C=O) groups is 1. The molecule has 3 aromatic heterocycles. The zero-order valence-corrected chi connectivity index (χ0v) is 15.2. The molecule has 0 unspecified atom stereocenters. The van der Waals surface area contributed by atoms with Gasteiger partial charge in [-0.3, -0.25) is 9.78 Å². The highest BCUT2D eigenvalue weighted by molar-refractivity contribution is 5.93. The number of pyridine rings is 2. The van der Waals surface area contributed by atoms with Gasteiger partial charge in [0.15, 0.2) is 0 Å². The number of aromatic nitrogens is 4. The highest BCUT2D eigenvalue weighted by Crippen LogP contribution is 2.18. The van der Waals surface area contributed by atoms with E-state index < -0.39 is 25.3 Å². The number of rotatable bonds is 7. The van der Waals surface area contributed by atoms with Crippen LogP contribution in [-0.2, 0) is 0 Å². The monoisotopic (exact) mass is 399 g/mol. The summed E-state index contributed by atoms with van der Waals surface area (Å²) in [7, 11) is 1.41. The van der Waals surface area contributed by atoms with Crippen molar-refractivity contribution in [3.05, 3.63) is 60.2 Å². The topological polar surface area (TPSA) is 111 Å². The van der Waals surface area contributed by atoms with Crippen LogP contribution in [0.25, 0.3) is 11.3 Å². The predicted octanol–water partition coefficient (Wildman–Crippen LogP) is 2.24. The van der Waals surface area contributed by atoms with Gasteiger partial charge in [0.1, 0.15) is 11.4 Å². The van der Waals surface area contributed by atoms with E-state index in [4.69, 9.17) is 13.6 Å². The van der Waals surface area contributed by atoms with Gasteiger partial charge in [0.25, 0.3) is 5.91 Å². The smallest absolute Gasteiger partial charge is 0.291 e. The Morgan fingerprint density at radius 3 is 2.97 bits per heavy atom. The summed E-state index contributed by atoms with van der Waals surface area (Å²) in [4.78, 5) is 28.0. The number of amides is 1. The van der Waals surface area contributed by atoms with Gasteiger partial charge in [-0.2, -0.15) is 9.49 Å². The molecule has 0 aliphatic rings. The van der Waals surface area contributed by atoms with Crippen molar-refractivity contribution in [1.82, 2.24) is 25.4 Å². The molecule has 1 amide bonds. The first-order valence-corrected chi connectivity index (χ1v) is 8.19. The second-order valence-electron chi connectivity index (χ2n) is 5.42. The third kappa shape index (κ3) is 5.06. The molecule has 10 heteroatoms. The van der Waals surface area contributed by atoms with Crippen LogP contribution in [0.1, 0.15) is 27.0 Å². The molecule has 3 rings (SSSR count). The maximum Gasteiger partial charge on any atom is 0.291 e. The summed E-state index contributed by atoms with van der Waals surface area (Å²) in [5.74, 6) is -0.969. The zero-order chi connectivity index (χ0) is 23.1. The van der Waals surface area contributed by atoms with Crippen molar-refractivity contribution in [2.45, 2.75) is 6.85 Å². The van der Waals surface area contributed by atoms with Crippen molar-refractivity contribution < 1.29 is 22.8 Å². The van der Waals surface area contributed by atoms with Crippen molar-refractivity contribution in [3.63, 3.8) is 0 Å². The molecular formula is C19H17FN6O3. The number of ether oxygens (including phenoxy) is 2. The Morgan fingerprint density at radius 1 is 1.31 bits per heavy atom. The number of hydrazone groups is 1.